The molecule has 3 N–H and O–H groups in total. The van der Waals surface area contributed by atoms with E-state index in [9.17, 15) is 4.79 Å². The Hall–Kier alpha value is -3.16. The van der Waals surface area contributed by atoms with Crippen molar-refractivity contribution in [1.82, 2.24) is 14.9 Å². The van der Waals surface area contributed by atoms with Gasteiger partial charge in [0.15, 0.2) is 11.1 Å². The molecule has 7 heteroatoms. The van der Waals surface area contributed by atoms with Crippen LogP contribution in [-0.4, -0.2) is 28.7 Å². The first-order chi connectivity index (χ1) is 16.1. The first kappa shape index (κ1) is 19.3. The van der Waals surface area contributed by atoms with E-state index < -0.39 is 0 Å². The van der Waals surface area contributed by atoms with Crippen LogP contribution in [0.1, 0.15) is 42.0 Å². The maximum Gasteiger partial charge on any atom is 0.298 e. The molecule has 3 aliphatic rings. The highest BCUT2D eigenvalue weighted by Crippen LogP contribution is 2.41. The fraction of sp³-hybridized carbons (Fsp3) is 0.385. The third-order valence-electron chi connectivity index (χ3n) is 7.51. The van der Waals surface area contributed by atoms with E-state index in [4.69, 9.17) is 10.2 Å². The lowest BCUT2D eigenvalue weighted by Gasteiger charge is -2.16. The molecule has 1 saturated carbocycles. The van der Waals surface area contributed by atoms with E-state index in [1.54, 1.807) is 0 Å². The van der Waals surface area contributed by atoms with Crippen LogP contribution in [0.3, 0.4) is 0 Å². The molecule has 0 radical (unpaired) electrons. The molecule has 1 aliphatic carbocycles. The molecule has 168 valence electrons. The minimum absolute atomic E-state index is 0.0445. The van der Waals surface area contributed by atoms with Gasteiger partial charge in [0.05, 0.1) is 5.52 Å². The second-order valence-electron chi connectivity index (χ2n) is 9.80. The van der Waals surface area contributed by atoms with Gasteiger partial charge in [-0.3, -0.25) is 4.79 Å². The molecular weight excluding hydrogens is 414 g/mol. The number of hydrogen-bond acceptors (Lipinski definition) is 6. The van der Waals surface area contributed by atoms with Crippen molar-refractivity contribution in [3.8, 4) is 11.1 Å². The molecule has 0 spiro atoms. The van der Waals surface area contributed by atoms with E-state index in [1.165, 1.54) is 16.7 Å². The van der Waals surface area contributed by atoms with Gasteiger partial charge in [0.1, 0.15) is 0 Å². The van der Waals surface area contributed by atoms with Crippen LogP contribution in [0.4, 0.5) is 6.01 Å². The van der Waals surface area contributed by atoms with Crippen molar-refractivity contribution in [2.75, 3.05) is 18.0 Å². The van der Waals surface area contributed by atoms with Gasteiger partial charge in [0.25, 0.3) is 11.6 Å². The topological polar surface area (TPSA) is 89.3 Å². The van der Waals surface area contributed by atoms with E-state index in [0.717, 1.165) is 60.9 Å². The van der Waals surface area contributed by atoms with Crippen molar-refractivity contribution in [3.63, 3.8) is 0 Å². The van der Waals surface area contributed by atoms with Crippen LogP contribution >= 0.6 is 0 Å². The molecule has 0 bridgehead atoms. The number of pyridine rings is 1. The zero-order chi connectivity index (χ0) is 22.3. The number of nitrogens with zero attached hydrogens (tertiary/aromatic N) is 3. The summed E-state index contributed by atoms with van der Waals surface area (Å²) in [6.45, 7) is 5.48. The van der Waals surface area contributed by atoms with Crippen LogP contribution in [0.5, 0.6) is 0 Å². The molecule has 1 unspecified atom stereocenters. The van der Waals surface area contributed by atoms with Crippen molar-refractivity contribution in [2.45, 2.75) is 51.4 Å². The summed E-state index contributed by atoms with van der Waals surface area (Å²) in [6.07, 6.45) is 2.96. The second kappa shape index (κ2) is 6.92. The highest BCUT2D eigenvalue weighted by Gasteiger charge is 2.31. The SMILES string of the molecule is Cc1c(-c2ccc3c(c2)CNC3)ccc2c3oc(N4CCC(N)C4)nc3c(=O)n(C3CC3)c12. The lowest BCUT2D eigenvalue weighted by molar-refractivity contribution is 0.585. The van der Waals surface area contributed by atoms with Crippen molar-refractivity contribution < 1.29 is 4.42 Å². The molecule has 2 aromatic carbocycles. The van der Waals surface area contributed by atoms with Crippen LogP contribution in [0.15, 0.2) is 39.5 Å². The van der Waals surface area contributed by atoms with E-state index in [1.807, 2.05) is 4.57 Å². The molecule has 2 fully saturated rings. The van der Waals surface area contributed by atoms with Gasteiger partial charge in [-0.25, -0.2) is 0 Å². The number of nitrogens with one attached hydrogen (secondary N) is 1. The highest BCUT2D eigenvalue weighted by atomic mass is 16.4. The summed E-state index contributed by atoms with van der Waals surface area (Å²) in [7, 11) is 0. The maximum atomic E-state index is 13.7. The largest absolute Gasteiger partial charge is 0.422 e. The molecule has 7 rings (SSSR count). The van der Waals surface area contributed by atoms with E-state index in [0.29, 0.717) is 23.7 Å². The zero-order valence-corrected chi connectivity index (χ0v) is 18.7. The first-order valence-electron chi connectivity index (χ1n) is 11.9. The number of rotatable bonds is 3. The smallest absolute Gasteiger partial charge is 0.298 e. The summed E-state index contributed by atoms with van der Waals surface area (Å²) in [5, 5.41) is 4.38. The number of anilines is 1. The van der Waals surface area contributed by atoms with Gasteiger partial charge in [0, 0.05) is 43.6 Å². The second-order valence-corrected chi connectivity index (χ2v) is 9.80. The quantitative estimate of drug-likeness (QED) is 0.505. The van der Waals surface area contributed by atoms with Gasteiger partial charge in [-0.15, -0.1) is 0 Å². The number of aryl methyl sites for hydroxylation is 1. The van der Waals surface area contributed by atoms with E-state index in [-0.39, 0.29) is 17.6 Å². The van der Waals surface area contributed by atoms with Crippen molar-refractivity contribution in [1.29, 1.82) is 0 Å². The molecule has 1 saturated heterocycles. The summed E-state index contributed by atoms with van der Waals surface area (Å²) in [4.78, 5) is 20.4. The zero-order valence-electron chi connectivity index (χ0n) is 18.7. The fourth-order valence-corrected chi connectivity index (χ4v) is 5.60. The summed E-state index contributed by atoms with van der Waals surface area (Å²) in [5.41, 5.74) is 14.2. The molecule has 2 aliphatic heterocycles. The Kier molecular flexibility index (Phi) is 4.05. The molecule has 7 nitrogen and oxygen atoms in total. The number of hydrogen-bond donors (Lipinski definition) is 2. The van der Waals surface area contributed by atoms with E-state index >= 15 is 0 Å². The summed E-state index contributed by atoms with van der Waals surface area (Å²) in [6, 6.07) is 11.8. The van der Waals surface area contributed by atoms with Crippen molar-refractivity contribution in [2.24, 2.45) is 5.73 Å². The molecular formula is C26H27N5O2. The fourth-order valence-electron chi connectivity index (χ4n) is 5.60. The molecule has 33 heavy (non-hydrogen) atoms. The molecule has 4 aromatic rings. The van der Waals surface area contributed by atoms with Crippen LogP contribution in [0.25, 0.3) is 33.1 Å². The van der Waals surface area contributed by atoms with Gasteiger partial charge >= 0.3 is 0 Å². The summed E-state index contributed by atoms with van der Waals surface area (Å²) in [5.74, 6) is 0. The molecule has 4 heterocycles. The number of aromatic nitrogens is 2. The monoisotopic (exact) mass is 441 g/mol. The molecule has 2 aromatic heterocycles. The summed E-state index contributed by atoms with van der Waals surface area (Å²) < 4.78 is 8.23. The van der Waals surface area contributed by atoms with Crippen LogP contribution in [-0.2, 0) is 13.1 Å². The predicted molar refractivity (Wildman–Crippen MR) is 130 cm³/mol. The highest BCUT2D eigenvalue weighted by molar-refractivity contribution is 6.04. The van der Waals surface area contributed by atoms with Crippen LogP contribution in [0.2, 0.25) is 0 Å². The Labute approximate surface area is 191 Å². The number of fused-ring (bicyclic) bond motifs is 4. The average Bonchev–Trinajstić information content (AvgIpc) is 3.20. The maximum absolute atomic E-state index is 13.7. The third kappa shape index (κ3) is 2.89. The Balaban J connectivity index is 1.47. The van der Waals surface area contributed by atoms with Gasteiger partial charge in [-0.2, -0.15) is 4.98 Å². The normalized spacial score (nSPS) is 20.3. The Bertz CT molecular complexity index is 1500. The van der Waals surface area contributed by atoms with Gasteiger partial charge in [0.2, 0.25) is 0 Å². The third-order valence-corrected chi connectivity index (χ3v) is 7.51. The minimum Gasteiger partial charge on any atom is -0.422 e. The number of benzene rings is 2. The summed E-state index contributed by atoms with van der Waals surface area (Å²) >= 11 is 0. The van der Waals surface area contributed by atoms with E-state index in [2.05, 4.69) is 52.5 Å². The van der Waals surface area contributed by atoms with Crippen molar-refractivity contribution in [3.05, 3.63) is 57.4 Å². The van der Waals surface area contributed by atoms with Gasteiger partial charge in [-0.05, 0) is 66.1 Å². The Morgan fingerprint density at radius 1 is 1.12 bits per heavy atom. The average molecular weight is 442 g/mol. The predicted octanol–water partition coefficient (Wildman–Crippen LogP) is 3.59. The number of oxazole rings is 1. The molecule has 0 amide bonds. The Morgan fingerprint density at radius 3 is 2.76 bits per heavy atom. The minimum atomic E-state index is -0.0445. The van der Waals surface area contributed by atoms with Gasteiger partial charge < -0.3 is 24.9 Å². The number of nitrogens with two attached hydrogens (primary N) is 1. The standard InChI is InChI=1S/C26H27N5O2/c1-14-20(15-2-3-16-11-28-12-17(16)10-15)6-7-21-23(14)31(19-4-5-19)25(32)22-24(21)33-26(29-22)30-9-8-18(27)13-30/h2-3,6-7,10,18-19,28H,4-5,8-9,11-13,27H2,1H3. The van der Waals surface area contributed by atoms with Gasteiger partial charge in [-0.1, -0.05) is 18.2 Å². The van der Waals surface area contributed by atoms with Crippen molar-refractivity contribution >= 4 is 28.0 Å². The lowest BCUT2D eigenvalue weighted by atomic mass is 9.95. The van der Waals surface area contributed by atoms with Crippen LogP contribution < -0.4 is 21.5 Å². The molecule has 1 atom stereocenters. The van der Waals surface area contributed by atoms with Crippen LogP contribution in [0, 0.1) is 6.92 Å². The lowest BCUT2D eigenvalue weighted by Crippen LogP contribution is -2.26. The Morgan fingerprint density at radius 2 is 1.97 bits per heavy atom. The first-order valence-corrected chi connectivity index (χ1v) is 11.9.